The molecule has 0 aliphatic heterocycles. The van der Waals surface area contributed by atoms with Gasteiger partial charge in [0.15, 0.2) is 5.78 Å². The Morgan fingerprint density at radius 1 is 1.24 bits per heavy atom. The fraction of sp³-hybridized carbons (Fsp3) is 0.0625. The zero-order valence-corrected chi connectivity index (χ0v) is 12.6. The van der Waals surface area contributed by atoms with Gasteiger partial charge in [-0.25, -0.2) is 4.39 Å². The molecular formula is C16H11Cl2FO2. The summed E-state index contributed by atoms with van der Waals surface area (Å²) in [4.78, 5) is 12.0. The predicted molar refractivity (Wildman–Crippen MR) is 82.8 cm³/mol. The first-order valence-corrected chi connectivity index (χ1v) is 6.78. The first-order valence-electron chi connectivity index (χ1n) is 6.03. The third-order valence-corrected chi connectivity index (χ3v) is 3.67. The van der Waals surface area contributed by atoms with Crippen LogP contribution in [0.15, 0.2) is 42.5 Å². The largest absolute Gasteiger partial charge is 0.497 e. The molecule has 0 spiro atoms. The van der Waals surface area contributed by atoms with E-state index in [1.807, 2.05) is 0 Å². The monoisotopic (exact) mass is 324 g/mol. The Morgan fingerprint density at radius 3 is 2.67 bits per heavy atom. The van der Waals surface area contributed by atoms with Gasteiger partial charge in [0.05, 0.1) is 22.7 Å². The smallest absolute Gasteiger partial charge is 0.188 e. The molecule has 0 N–H and O–H groups in total. The lowest BCUT2D eigenvalue weighted by atomic mass is 10.1. The molecular weight excluding hydrogens is 314 g/mol. The van der Waals surface area contributed by atoms with Gasteiger partial charge in [-0.2, -0.15) is 0 Å². The highest BCUT2D eigenvalue weighted by Gasteiger charge is 2.10. The van der Waals surface area contributed by atoms with Crippen molar-refractivity contribution < 1.29 is 13.9 Å². The zero-order valence-electron chi connectivity index (χ0n) is 11.1. The van der Waals surface area contributed by atoms with Crippen molar-refractivity contribution in [2.24, 2.45) is 0 Å². The number of ketones is 1. The second kappa shape index (κ2) is 6.74. The average Bonchev–Trinajstić information content (AvgIpc) is 2.48. The molecule has 0 atom stereocenters. The molecule has 0 aliphatic rings. The Kier molecular flexibility index (Phi) is 4.99. The quantitative estimate of drug-likeness (QED) is 0.582. The van der Waals surface area contributed by atoms with Crippen LogP contribution >= 0.6 is 23.2 Å². The lowest BCUT2D eigenvalue weighted by molar-refractivity contribution is 0.104. The maximum Gasteiger partial charge on any atom is 0.188 e. The number of halogens is 3. The molecule has 0 amide bonds. The zero-order chi connectivity index (χ0) is 15.4. The second-order valence-corrected chi connectivity index (χ2v) is 4.97. The minimum Gasteiger partial charge on any atom is -0.497 e. The Balaban J connectivity index is 2.25. The third-order valence-electron chi connectivity index (χ3n) is 2.84. The first kappa shape index (κ1) is 15.5. The van der Waals surface area contributed by atoms with Gasteiger partial charge in [0.25, 0.3) is 0 Å². The summed E-state index contributed by atoms with van der Waals surface area (Å²) in [6.07, 6.45) is 2.75. The summed E-state index contributed by atoms with van der Waals surface area (Å²) in [5.74, 6) is -0.752. The highest BCUT2D eigenvalue weighted by atomic mass is 35.5. The fourth-order valence-electron chi connectivity index (χ4n) is 1.73. The van der Waals surface area contributed by atoms with Gasteiger partial charge in [-0.1, -0.05) is 35.3 Å². The van der Waals surface area contributed by atoms with Crippen LogP contribution in [-0.2, 0) is 0 Å². The predicted octanol–water partition coefficient (Wildman–Crippen LogP) is 5.04. The van der Waals surface area contributed by atoms with E-state index in [0.717, 1.165) is 6.07 Å². The molecule has 0 saturated carbocycles. The van der Waals surface area contributed by atoms with Gasteiger partial charge >= 0.3 is 0 Å². The van der Waals surface area contributed by atoms with Crippen molar-refractivity contribution in [3.8, 4) is 5.75 Å². The van der Waals surface area contributed by atoms with E-state index in [4.69, 9.17) is 27.9 Å². The Morgan fingerprint density at radius 2 is 2.00 bits per heavy atom. The molecule has 2 aromatic rings. The van der Waals surface area contributed by atoms with Crippen LogP contribution in [0.4, 0.5) is 4.39 Å². The van der Waals surface area contributed by atoms with E-state index < -0.39 is 11.6 Å². The van der Waals surface area contributed by atoms with Crippen molar-refractivity contribution in [2.45, 2.75) is 0 Å². The number of carbonyl (C=O) groups is 1. The number of ether oxygens (including phenoxy) is 1. The third kappa shape index (κ3) is 3.63. The molecule has 0 fully saturated rings. The minimum absolute atomic E-state index is 0.0369. The summed E-state index contributed by atoms with van der Waals surface area (Å²) in [6, 6.07) is 9.13. The molecule has 0 saturated heterocycles. The van der Waals surface area contributed by atoms with Crippen molar-refractivity contribution in [1.82, 2.24) is 0 Å². The van der Waals surface area contributed by atoms with Crippen LogP contribution in [0.5, 0.6) is 5.75 Å². The normalized spacial score (nSPS) is 10.9. The average molecular weight is 325 g/mol. The van der Waals surface area contributed by atoms with Crippen LogP contribution in [-0.4, -0.2) is 12.9 Å². The van der Waals surface area contributed by atoms with Crippen LogP contribution in [0.25, 0.3) is 6.08 Å². The Bertz CT molecular complexity index is 711. The molecule has 5 heteroatoms. The molecule has 108 valence electrons. The summed E-state index contributed by atoms with van der Waals surface area (Å²) in [6.45, 7) is 0. The molecule has 0 aliphatic carbocycles. The van der Waals surface area contributed by atoms with E-state index in [0.29, 0.717) is 21.4 Å². The van der Waals surface area contributed by atoms with Crippen LogP contribution in [0.2, 0.25) is 10.0 Å². The van der Waals surface area contributed by atoms with Gasteiger partial charge in [-0.3, -0.25) is 4.79 Å². The number of methoxy groups -OCH3 is 1. The second-order valence-electron chi connectivity index (χ2n) is 4.19. The first-order chi connectivity index (χ1) is 10.0. The van der Waals surface area contributed by atoms with E-state index in [9.17, 15) is 9.18 Å². The van der Waals surface area contributed by atoms with Crippen molar-refractivity contribution in [3.05, 3.63) is 69.5 Å². The van der Waals surface area contributed by atoms with Gasteiger partial charge < -0.3 is 4.74 Å². The van der Waals surface area contributed by atoms with E-state index >= 15 is 0 Å². The summed E-state index contributed by atoms with van der Waals surface area (Å²) in [7, 11) is 1.43. The maximum absolute atomic E-state index is 13.8. The van der Waals surface area contributed by atoms with Gasteiger partial charge in [0.1, 0.15) is 11.6 Å². The molecule has 0 heterocycles. The minimum atomic E-state index is -0.638. The van der Waals surface area contributed by atoms with Crippen LogP contribution < -0.4 is 4.74 Å². The van der Waals surface area contributed by atoms with Gasteiger partial charge in [0, 0.05) is 6.07 Å². The highest BCUT2D eigenvalue weighted by Crippen LogP contribution is 2.26. The van der Waals surface area contributed by atoms with Crippen molar-refractivity contribution >= 4 is 35.1 Å². The topological polar surface area (TPSA) is 26.3 Å². The lowest BCUT2D eigenvalue weighted by Gasteiger charge is -2.03. The van der Waals surface area contributed by atoms with Crippen LogP contribution in [0.3, 0.4) is 0 Å². The number of hydrogen-bond donors (Lipinski definition) is 0. The number of carbonyl (C=O) groups excluding carboxylic acids is 1. The molecule has 0 radical (unpaired) electrons. The molecule has 2 aromatic carbocycles. The summed E-state index contributed by atoms with van der Waals surface area (Å²) in [5.41, 5.74) is 0.552. The molecule has 0 aromatic heterocycles. The SMILES string of the molecule is COc1ccc(C(=O)C=Cc2cccc(Cl)c2Cl)c(F)c1. The molecule has 2 nitrogen and oxygen atoms in total. The summed E-state index contributed by atoms with van der Waals surface area (Å²) >= 11 is 11.9. The van der Waals surface area contributed by atoms with Gasteiger partial charge in [-0.15, -0.1) is 0 Å². The van der Waals surface area contributed by atoms with E-state index in [1.54, 1.807) is 18.2 Å². The highest BCUT2D eigenvalue weighted by molar-refractivity contribution is 6.42. The van der Waals surface area contributed by atoms with Crippen LogP contribution in [0, 0.1) is 5.82 Å². The van der Waals surface area contributed by atoms with Gasteiger partial charge in [-0.05, 0) is 35.9 Å². The van der Waals surface area contributed by atoms with Gasteiger partial charge in [0.2, 0.25) is 0 Å². The number of hydrogen-bond acceptors (Lipinski definition) is 2. The van der Waals surface area contributed by atoms with Crippen LogP contribution in [0.1, 0.15) is 15.9 Å². The Labute approximate surface area is 131 Å². The summed E-state index contributed by atoms with van der Waals surface area (Å²) in [5, 5.41) is 0.736. The van der Waals surface area contributed by atoms with E-state index in [1.165, 1.54) is 31.4 Å². The lowest BCUT2D eigenvalue weighted by Crippen LogP contribution is -1.99. The van der Waals surface area contributed by atoms with Crippen molar-refractivity contribution in [2.75, 3.05) is 7.11 Å². The van der Waals surface area contributed by atoms with Crippen molar-refractivity contribution in [3.63, 3.8) is 0 Å². The molecule has 0 unspecified atom stereocenters. The Hall–Kier alpha value is -1.84. The molecule has 21 heavy (non-hydrogen) atoms. The summed E-state index contributed by atoms with van der Waals surface area (Å²) < 4.78 is 18.7. The molecule has 2 rings (SSSR count). The number of benzene rings is 2. The maximum atomic E-state index is 13.8. The standard InChI is InChI=1S/C16H11Cl2FO2/c1-21-11-6-7-12(14(19)9-11)15(20)8-5-10-3-2-4-13(17)16(10)18/h2-9H,1H3. The molecule has 0 bridgehead atoms. The fourth-order valence-corrected chi connectivity index (χ4v) is 2.10. The number of allylic oxidation sites excluding steroid dienone is 1. The number of rotatable bonds is 4. The van der Waals surface area contributed by atoms with E-state index in [2.05, 4.69) is 0 Å². The van der Waals surface area contributed by atoms with E-state index in [-0.39, 0.29) is 5.56 Å². The van der Waals surface area contributed by atoms with Crippen molar-refractivity contribution in [1.29, 1.82) is 0 Å².